The largest absolute Gasteiger partial charge is 0.507 e. The van der Waals surface area contributed by atoms with Crippen molar-refractivity contribution in [2.75, 3.05) is 11.5 Å². The van der Waals surface area contributed by atoms with Crippen molar-refractivity contribution in [2.45, 2.75) is 39.7 Å². The van der Waals surface area contributed by atoms with Gasteiger partial charge in [0.15, 0.2) is 5.13 Å². The molecule has 5 rings (SSSR count). The number of anilines is 1. The number of halogens is 1. The first-order valence-electron chi connectivity index (χ1n) is 12.5. The zero-order valence-corrected chi connectivity index (χ0v) is 22.1. The molecule has 38 heavy (non-hydrogen) atoms. The molecule has 0 radical (unpaired) electrons. The molecule has 1 atom stereocenters. The maximum absolute atomic E-state index is 13.6. The molecule has 1 fully saturated rings. The highest BCUT2D eigenvalue weighted by molar-refractivity contribution is 7.22. The standard InChI is InChI=1S/C30H27FN2O4S/c1-4-5-14-37-22-12-8-19(9-13-22)26-24(27(34)20-6-10-21(31)11-7-20)28(35)29(36)33(26)30-32-25-18(3)15-17(2)16-23(25)38-30/h6-13,15-16,26,34H,4-5,14H2,1-3H3. The number of ether oxygens (including phenoxy) is 1. The lowest BCUT2D eigenvalue weighted by Gasteiger charge is -2.23. The van der Waals surface area contributed by atoms with Crippen LogP contribution in [0.2, 0.25) is 0 Å². The number of hydrogen-bond donors (Lipinski definition) is 1. The van der Waals surface area contributed by atoms with Crippen LogP contribution in [-0.2, 0) is 9.59 Å². The van der Waals surface area contributed by atoms with Crippen molar-refractivity contribution in [1.29, 1.82) is 0 Å². The molecule has 1 N–H and O–H groups in total. The van der Waals surface area contributed by atoms with Gasteiger partial charge in [-0.2, -0.15) is 0 Å². The highest BCUT2D eigenvalue weighted by atomic mass is 32.1. The molecular weight excluding hydrogens is 503 g/mol. The third-order valence-corrected chi connectivity index (χ3v) is 7.55. The van der Waals surface area contributed by atoms with E-state index < -0.39 is 23.5 Å². The van der Waals surface area contributed by atoms with E-state index in [9.17, 15) is 19.1 Å². The van der Waals surface area contributed by atoms with Crippen molar-refractivity contribution in [3.05, 3.63) is 94.3 Å². The summed E-state index contributed by atoms with van der Waals surface area (Å²) in [5.74, 6) is -1.78. The Labute approximate surface area is 224 Å². The van der Waals surface area contributed by atoms with Gasteiger partial charge in [0.1, 0.15) is 17.3 Å². The lowest BCUT2D eigenvalue weighted by molar-refractivity contribution is -0.132. The minimum Gasteiger partial charge on any atom is -0.507 e. The van der Waals surface area contributed by atoms with Crippen molar-refractivity contribution >= 4 is 44.1 Å². The number of rotatable bonds is 7. The quantitative estimate of drug-likeness (QED) is 0.122. The zero-order chi connectivity index (χ0) is 27.0. The summed E-state index contributed by atoms with van der Waals surface area (Å²) >= 11 is 1.32. The summed E-state index contributed by atoms with van der Waals surface area (Å²) in [6.07, 6.45) is 1.94. The van der Waals surface area contributed by atoms with E-state index in [4.69, 9.17) is 9.72 Å². The van der Waals surface area contributed by atoms with Gasteiger partial charge in [0, 0.05) is 5.56 Å². The Morgan fingerprint density at radius 2 is 1.79 bits per heavy atom. The molecular formula is C30H27FN2O4S. The molecule has 0 spiro atoms. The van der Waals surface area contributed by atoms with E-state index >= 15 is 0 Å². The smallest absolute Gasteiger partial charge is 0.301 e. The molecule has 1 aliphatic heterocycles. The zero-order valence-electron chi connectivity index (χ0n) is 21.3. The Morgan fingerprint density at radius 1 is 1.08 bits per heavy atom. The number of aromatic nitrogens is 1. The van der Waals surface area contributed by atoms with Crippen LogP contribution >= 0.6 is 11.3 Å². The number of Topliss-reactive ketones (excluding diaryl/α,β-unsaturated/α-hetero) is 1. The Kier molecular flexibility index (Phi) is 6.99. The van der Waals surface area contributed by atoms with Crippen LogP contribution in [0.3, 0.4) is 0 Å². The second-order valence-electron chi connectivity index (χ2n) is 9.37. The maximum atomic E-state index is 13.6. The van der Waals surface area contributed by atoms with E-state index in [0.29, 0.717) is 23.1 Å². The second-order valence-corrected chi connectivity index (χ2v) is 10.4. The number of aryl methyl sites for hydroxylation is 2. The Bertz CT molecular complexity index is 1560. The number of nitrogens with zero attached hydrogens (tertiary/aromatic N) is 2. The number of carbonyl (C=O) groups is 2. The molecule has 1 aromatic heterocycles. The van der Waals surface area contributed by atoms with Crippen LogP contribution in [0.1, 0.15) is 48.1 Å². The van der Waals surface area contributed by atoms with Gasteiger partial charge in [-0.15, -0.1) is 0 Å². The number of ketones is 1. The Morgan fingerprint density at radius 3 is 2.47 bits per heavy atom. The van der Waals surface area contributed by atoms with Crippen LogP contribution in [0.25, 0.3) is 16.0 Å². The molecule has 0 saturated carbocycles. The van der Waals surface area contributed by atoms with Crippen molar-refractivity contribution in [3.8, 4) is 5.75 Å². The second kappa shape index (κ2) is 10.4. The number of aliphatic hydroxyl groups is 1. The highest BCUT2D eigenvalue weighted by Crippen LogP contribution is 2.45. The van der Waals surface area contributed by atoms with E-state index in [-0.39, 0.29) is 16.9 Å². The fourth-order valence-corrected chi connectivity index (χ4v) is 5.82. The summed E-state index contributed by atoms with van der Waals surface area (Å²) in [4.78, 5) is 33.0. The third-order valence-electron chi connectivity index (χ3n) is 6.55. The van der Waals surface area contributed by atoms with Gasteiger partial charge in [0.25, 0.3) is 5.78 Å². The molecule has 3 aromatic carbocycles. The molecule has 2 heterocycles. The number of carbonyl (C=O) groups excluding carboxylic acids is 2. The van der Waals surface area contributed by atoms with Gasteiger partial charge >= 0.3 is 5.91 Å². The average molecular weight is 531 g/mol. The monoisotopic (exact) mass is 530 g/mol. The number of fused-ring (bicyclic) bond motifs is 1. The van der Waals surface area contributed by atoms with Gasteiger partial charge < -0.3 is 9.84 Å². The number of unbranched alkanes of at least 4 members (excludes halogenated alkanes) is 1. The van der Waals surface area contributed by atoms with E-state index in [2.05, 4.69) is 6.92 Å². The van der Waals surface area contributed by atoms with Crippen molar-refractivity contribution in [1.82, 2.24) is 4.98 Å². The molecule has 1 saturated heterocycles. The molecule has 8 heteroatoms. The van der Waals surface area contributed by atoms with Gasteiger partial charge in [-0.25, -0.2) is 9.37 Å². The Balaban J connectivity index is 1.65. The molecule has 6 nitrogen and oxygen atoms in total. The minimum atomic E-state index is -0.924. The van der Waals surface area contributed by atoms with Gasteiger partial charge in [0.2, 0.25) is 0 Å². The number of aliphatic hydroxyl groups excluding tert-OH is 1. The molecule has 1 aliphatic rings. The maximum Gasteiger partial charge on any atom is 0.301 e. The summed E-state index contributed by atoms with van der Waals surface area (Å²) in [6, 6.07) is 15.4. The summed E-state index contributed by atoms with van der Waals surface area (Å²) in [7, 11) is 0. The van der Waals surface area contributed by atoms with Crippen LogP contribution < -0.4 is 9.64 Å². The predicted molar refractivity (Wildman–Crippen MR) is 147 cm³/mol. The van der Waals surface area contributed by atoms with E-state index in [0.717, 1.165) is 34.2 Å². The van der Waals surface area contributed by atoms with Crippen molar-refractivity contribution < 1.29 is 23.8 Å². The van der Waals surface area contributed by atoms with Crippen molar-refractivity contribution in [3.63, 3.8) is 0 Å². The summed E-state index contributed by atoms with van der Waals surface area (Å²) < 4.78 is 20.2. The molecule has 4 aromatic rings. The SMILES string of the molecule is CCCCOc1ccc(C2C(=C(O)c3ccc(F)cc3)C(=O)C(=O)N2c2nc3c(C)cc(C)cc3s2)cc1. The Hall–Kier alpha value is -4.04. The fraction of sp³-hybridized carbons (Fsp3) is 0.233. The van der Waals surface area contributed by atoms with Crippen LogP contribution in [0.5, 0.6) is 5.75 Å². The lowest BCUT2D eigenvalue weighted by Crippen LogP contribution is -2.29. The molecule has 1 unspecified atom stereocenters. The number of amides is 1. The topological polar surface area (TPSA) is 79.7 Å². The predicted octanol–water partition coefficient (Wildman–Crippen LogP) is 6.86. The van der Waals surface area contributed by atoms with Gasteiger partial charge in [0.05, 0.1) is 28.4 Å². The van der Waals surface area contributed by atoms with Crippen LogP contribution in [0.15, 0.2) is 66.2 Å². The third kappa shape index (κ3) is 4.67. The summed E-state index contributed by atoms with van der Waals surface area (Å²) in [5, 5.41) is 11.6. The van der Waals surface area contributed by atoms with Crippen LogP contribution in [0, 0.1) is 19.7 Å². The van der Waals surface area contributed by atoms with Crippen molar-refractivity contribution in [2.24, 2.45) is 0 Å². The van der Waals surface area contributed by atoms with Gasteiger partial charge in [-0.05, 0) is 79.4 Å². The summed E-state index contributed by atoms with van der Waals surface area (Å²) in [5.41, 5.74) is 3.57. The van der Waals surface area contributed by atoms with Crippen LogP contribution in [-0.4, -0.2) is 28.4 Å². The summed E-state index contributed by atoms with van der Waals surface area (Å²) in [6.45, 7) is 6.62. The number of thiazole rings is 1. The average Bonchev–Trinajstić information content (AvgIpc) is 3.43. The highest BCUT2D eigenvalue weighted by Gasteiger charge is 2.48. The van der Waals surface area contributed by atoms with E-state index in [1.807, 2.05) is 26.0 Å². The fourth-order valence-electron chi connectivity index (χ4n) is 4.65. The first-order valence-corrected chi connectivity index (χ1v) is 13.3. The first kappa shape index (κ1) is 25.6. The number of benzene rings is 3. The minimum absolute atomic E-state index is 0.0755. The molecule has 194 valence electrons. The lowest BCUT2D eigenvalue weighted by atomic mass is 9.95. The van der Waals surface area contributed by atoms with E-state index in [1.165, 1.54) is 40.5 Å². The van der Waals surface area contributed by atoms with E-state index in [1.54, 1.807) is 24.3 Å². The first-order chi connectivity index (χ1) is 18.3. The number of hydrogen-bond acceptors (Lipinski definition) is 6. The molecule has 0 bridgehead atoms. The molecule has 1 amide bonds. The molecule has 0 aliphatic carbocycles. The van der Waals surface area contributed by atoms with Gasteiger partial charge in [-0.1, -0.05) is 42.9 Å². The van der Waals surface area contributed by atoms with Gasteiger partial charge in [-0.3, -0.25) is 14.5 Å². The normalized spacial score (nSPS) is 16.9. The van der Waals surface area contributed by atoms with Crippen LogP contribution in [0.4, 0.5) is 9.52 Å².